The van der Waals surface area contributed by atoms with Gasteiger partial charge in [-0.1, -0.05) is 330 Å². The quantitative estimate of drug-likeness (QED) is 0.0222. The maximum absolute atomic E-state index is 13.1. The molecule has 3 N–H and O–H groups in total. The monoisotopic (exact) mass is 1370 g/mol. The van der Waals surface area contributed by atoms with E-state index in [1.165, 1.54) is 193 Å². The molecule has 0 aliphatic carbocycles. The molecule has 0 saturated carbocycles. The van der Waals surface area contributed by atoms with E-state index in [0.717, 1.165) is 108 Å². The Morgan fingerprint density at radius 3 is 0.817 bits per heavy atom. The number of carbonyl (C=O) groups excluding carboxylic acids is 4. The first-order chi connectivity index (χ1) is 44.9. The molecule has 0 bridgehead atoms. The molecule has 6 atom stereocenters. The van der Waals surface area contributed by atoms with E-state index in [-0.39, 0.29) is 25.7 Å². The van der Waals surface area contributed by atoms with E-state index in [0.29, 0.717) is 25.7 Å². The van der Waals surface area contributed by atoms with Gasteiger partial charge >= 0.3 is 39.5 Å². The number of carbonyl (C=O) groups is 4. The Morgan fingerprint density at radius 1 is 0.312 bits per heavy atom. The van der Waals surface area contributed by atoms with Gasteiger partial charge in [0.2, 0.25) is 0 Å². The Balaban J connectivity index is 5.19. The zero-order valence-electron chi connectivity index (χ0n) is 60.6. The summed E-state index contributed by atoms with van der Waals surface area (Å²) in [7, 11) is -9.90. The molecule has 93 heavy (non-hydrogen) atoms. The molecule has 0 aromatic rings. The summed E-state index contributed by atoms with van der Waals surface area (Å²) in [4.78, 5) is 72.6. The number of phosphoric acid groups is 2. The van der Waals surface area contributed by atoms with Gasteiger partial charge in [-0.2, -0.15) is 0 Å². The van der Waals surface area contributed by atoms with Crippen LogP contribution in [0, 0.1) is 11.8 Å². The van der Waals surface area contributed by atoms with Crippen molar-refractivity contribution >= 4 is 39.5 Å². The number of aliphatic hydroxyl groups excluding tert-OH is 1. The van der Waals surface area contributed by atoms with Gasteiger partial charge in [0, 0.05) is 25.7 Å². The highest BCUT2D eigenvalue weighted by atomic mass is 31.2. The molecule has 0 fully saturated rings. The van der Waals surface area contributed by atoms with Gasteiger partial charge in [-0.3, -0.25) is 37.3 Å². The third-order valence-electron chi connectivity index (χ3n) is 17.6. The molecule has 0 aliphatic heterocycles. The maximum atomic E-state index is 13.1. The average Bonchev–Trinajstić information content (AvgIpc) is 3.46. The predicted octanol–water partition coefficient (Wildman–Crippen LogP) is 21.6. The molecule has 0 aromatic carbocycles. The molecule has 17 nitrogen and oxygen atoms in total. The largest absolute Gasteiger partial charge is 0.472 e. The Kier molecular flexibility index (Phi) is 64.6. The van der Waals surface area contributed by atoms with E-state index in [4.69, 9.17) is 37.0 Å². The molecule has 552 valence electrons. The zero-order valence-corrected chi connectivity index (χ0v) is 62.3. The second-order valence-electron chi connectivity index (χ2n) is 27.4. The third kappa shape index (κ3) is 67.0. The van der Waals surface area contributed by atoms with Crippen molar-refractivity contribution < 1.29 is 80.2 Å². The Bertz CT molecular complexity index is 1810. The number of aliphatic hydroxyl groups is 1. The van der Waals surface area contributed by atoms with Crippen LogP contribution in [0.1, 0.15) is 382 Å². The first-order valence-corrected chi connectivity index (χ1v) is 41.5. The van der Waals surface area contributed by atoms with Crippen LogP contribution in [-0.4, -0.2) is 96.7 Å². The fourth-order valence-corrected chi connectivity index (χ4v) is 12.8. The molecule has 0 heterocycles. The summed E-state index contributed by atoms with van der Waals surface area (Å²) in [6.45, 7) is 9.54. The lowest BCUT2D eigenvalue weighted by atomic mass is 9.99. The first kappa shape index (κ1) is 91.1. The van der Waals surface area contributed by atoms with Gasteiger partial charge in [0.05, 0.1) is 26.4 Å². The lowest BCUT2D eigenvalue weighted by Crippen LogP contribution is -2.30. The van der Waals surface area contributed by atoms with E-state index in [2.05, 4.69) is 41.5 Å². The summed E-state index contributed by atoms with van der Waals surface area (Å²) in [5, 5.41) is 10.6. The standard InChI is InChI=1S/C74H144O17P2/c1-7-10-12-14-16-18-19-20-21-22-23-24-25-26-27-28-33-40-46-52-58-73(78)90-70(63-85-72(77)57-51-45-39-32-30-29-31-36-42-48-54-66(4)5)65-89-93(82,83)87-61-68(75)60-86-92(80,81)88-64-69(62-84-71(76)56-50-44-38-17-15-13-11-8-2)91-74(79)59-53-47-41-35-34-37-43-49-55-67(6)9-3/h66-70,75H,7-65H2,1-6H3,(H,80,81)(H,82,83)/t67?,68-,69+,70+/m0/s1. The fourth-order valence-electron chi connectivity index (χ4n) is 11.3. The van der Waals surface area contributed by atoms with Crippen LogP contribution < -0.4 is 0 Å². The van der Waals surface area contributed by atoms with Crippen molar-refractivity contribution in [3.63, 3.8) is 0 Å². The summed E-state index contributed by atoms with van der Waals surface area (Å²) in [6, 6.07) is 0. The van der Waals surface area contributed by atoms with Crippen molar-refractivity contribution in [1.82, 2.24) is 0 Å². The predicted molar refractivity (Wildman–Crippen MR) is 377 cm³/mol. The molecule has 0 saturated heterocycles. The summed E-state index contributed by atoms with van der Waals surface area (Å²) in [5.74, 6) is -0.595. The van der Waals surface area contributed by atoms with E-state index < -0.39 is 97.5 Å². The van der Waals surface area contributed by atoms with Crippen molar-refractivity contribution in [1.29, 1.82) is 0 Å². The molecule has 19 heteroatoms. The average molecular weight is 1370 g/mol. The smallest absolute Gasteiger partial charge is 0.462 e. The SMILES string of the molecule is CCCCCCCCCCCCCCCCCCCCCCC(=O)O[C@H](COC(=O)CCCCCCCCCCCCC(C)C)COP(=O)(O)OC[C@@H](O)COP(=O)(O)OC[C@@H](COC(=O)CCCCCCCCCC)OC(=O)CCCCCCCCCCC(C)CC. The number of esters is 4. The van der Waals surface area contributed by atoms with Gasteiger partial charge in [0.1, 0.15) is 19.3 Å². The second-order valence-corrected chi connectivity index (χ2v) is 30.3. The molecule has 0 rings (SSSR count). The fraction of sp³-hybridized carbons (Fsp3) is 0.946. The summed E-state index contributed by atoms with van der Waals surface area (Å²) >= 11 is 0. The second kappa shape index (κ2) is 66.0. The molecule has 0 amide bonds. The summed E-state index contributed by atoms with van der Waals surface area (Å²) in [6.07, 6.45) is 52.8. The number of hydrogen-bond donors (Lipinski definition) is 3. The van der Waals surface area contributed by atoms with Crippen molar-refractivity contribution in [2.24, 2.45) is 11.8 Å². The molecule has 0 aliphatic rings. The number of hydrogen-bond acceptors (Lipinski definition) is 15. The van der Waals surface area contributed by atoms with Gasteiger partial charge in [-0.05, 0) is 37.5 Å². The van der Waals surface area contributed by atoms with Gasteiger partial charge in [-0.25, -0.2) is 9.13 Å². The van der Waals surface area contributed by atoms with Gasteiger partial charge in [0.25, 0.3) is 0 Å². The zero-order chi connectivity index (χ0) is 68.6. The number of rotatable bonds is 73. The molecule has 0 spiro atoms. The Labute approximate surface area is 568 Å². The minimum atomic E-state index is -4.95. The minimum absolute atomic E-state index is 0.105. The maximum Gasteiger partial charge on any atom is 0.472 e. The first-order valence-electron chi connectivity index (χ1n) is 38.5. The highest BCUT2D eigenvalue weighted by molar-refractivity contribution is 7.47. The topological polar surface area (TPSA) is 237 Å². The lowest BCUT2D eigenvalue weighted by molar-refractivity contribution is -0.161. The molecule has 0 radical (unpaired) electrons. The highest BCUT2D eigenvalue weighted by Crippen LogP contribution is 2.45. The molecule has 0 aromatic heterocycles. The number of unbranched alkanes of at least 4 members (excludes halogenated alkanes) is 42. The van der Waals surface area contributed by atoms with Crippen LogP contribution in [0.2, 0.25) is 0 Å². The van der Waals surface area contributed by atoms with Gasteiger partial charge in [0.15, 0.2) is 12.2 Å². The lowest BCUT2D eigenvalue weighted by Gasteiger charge is -2.21. The molecular formula is C74H144O17P2. The van der Waals surface area contributed by atoms with Crippen molar-refractivity contribution in [3.8, 4) is 0 Å². The Morgan fingerprint density at radius 2 is 0.548 bits per heavy atom. The van der Waals surface area contributed by atoms with Crippen LogP contribution in [0.15, 0.2) is 0 Å². The van der Waals surface area contributed by atoms with Crippen molar-refractivity contribution in [2.75, 3.05) is 39.6 Å². The van der Waals surface area contributed by atoms with Crippen LogP contribution in [0.3, 0.4) is 0 Å². The number of ether oxygens (including phenoxy) is 4. The highest BCUT2D eigenvalue weighted by Gasteiger charge is 2.30. The van der Waals surface area contributed by atoms with E-state index in [1.54, 1.807) is 0 Å². The normalized spacial score (nSPS) is 14.3. The van der Waals surface area contributed by atoms with Crippen LogP contribution in [0.25, 0.3) is 0 Å². The van der Waals surface area contributed by atoms with Crippen molar-refractivity contribution in [2.45, 2.75) is 400 Å². The van der Waals surface area contributed by atoms with Crippen molar-refractivity contribution in [3.05, 3.63) is 0 Å². The van der Waals surface area contributed by atoms with Gasteiger partial charge < -0.3 is 33.8 Å². The summed E-state index contributed by atoms with van der Waals surface area (Å²) in [5.41, 5.74) is 0. The van der Waals surface area contributed by atoms with E-state index in [9.17, 15) is 43.2 Å². The Hall–Kier alpha value is -1.94. The van der Waals surface area contributed by atoms with Crippen LogP contribution in [0.4, 0.5) is 0 Å². The third-order valence-corrected chi connectivity index (χ3v) is 19.5. The number of phosphoric ester groups is 2. The molecular weight excluding hydrogens is 1220 g/mol. The van der Waals surface area contributed by atoms with Crippen LogP contribution in [0.5, 0.6) is 0 Å². The van der Waals surface area contributed by atoms with E-state index >= 15 is 0 Å². The summed E-state index contributed by atoms with van der Waals surface area (Å²) < 4.78 is 68.4. The van der Waals surface area contributed by atoms with Crippen LogP contribution in [-0.2, 0) is 65.4 Å². The molecule has 3 unspecified atom stereocenters. The minimum Gasteiger partial charge on any atom is -0.462 e. The van der Waals surface area contributed by atoms with Crippen LogP contribution >= 0.6 is 15.6 Å². The van der Waals surface area contributed by atoms with E-state index in [1.807, 2.05) is 0 Å². The van der Waals surface area contributed by atoms with Gasteiger partial charge in [-0.15, -0.1) is 0 Å².